The van der Waals surface area contributed by atoms with Crippen molar-refractivity contribution in [2.24, 2.45) is 0 Å². The predicted molar refractivity (Wildman–Crippen MR) is 105 cm³/mol. The van der Waals surface area contributed by atoms with Crippen LogP contribution in [0, 0.1) is 6.92 Å². The lowest BCUT2D eigenvalue weighted by molar-refractivity contribution is 0.102. The number of hydrogen-bond donors (Lipinski definition) is 2. The van der Waals surface area contributed by atoms with E-state index in [4.69, 9.17) is 0 Å². The fraction of sp³-hybridized carbons (Fsp3) is 0.100. The maximum Gasteiger partial charge on any atom is 0.257 e. The van der Waals surface area contributed by atoms with Gasteiger partial charge >= 0.3 is 0 Å². The summed E-state index contributed by atoms with van der Waals surface area (Å²) >= 11 is 3.37. The van der Waals surface area contributed by atoms with E-state index in [1.54, 1.807) is 12.3 Å². The molecule has 0 spiro atoms. The summed E-state index contributed by atoms with van der Waals surface area (Å²) in [4.78, 5) is 16.5. The van der Waals surface area contributed by atoms with Crippen LogP contribution in [-0.2, 0) is 6.54 Å². The highest BCUT2D eigenvalue weighted by Gasteiger charge is 2.07. The van der Waals surface area contributed by atoms with Gasteiger partial charge in [-0.25, -0.2) is 4.98 Å². The van der Waals surface area contributed by atoms with E-state index in [1.807, 2.05) is 30.3 Å². The number of aryl methyl sites for hydroxylation is 1. The average molecular weight is 396 g/mol. The van der Waals surface area contributed by atoms with Crippen molar-refractivity contribution in [3.63, 3.8) is 0 Å². The van der Waals surface area contributed by atoms with E-state index in [-0.39, 0.29) is 5.91 Å². The minimum Gasteiger partial charge on any atom is -0.366 e. The second-order valence-electron chi connectivity index (χ2n) is 5.73. The van der Waals surface area contributed by atoms with Crippen LogP contribution in [-0.4, -0.2) is 10.9 Å². The van der Waals surface area contributed by atoms with Crippen LogP contribution in [0.2, 0.25) is 0 Å². The second kappa shape index (κ2) is 7.94. The molecule has 1 aromatic heterocycles. The lowest BCUT2D eigenvalue weighted by atomic mass is 10.1. The third-order valence-electron chi connectivity index (χ3n) is 3.72. The molecule has 3 rings (SSSR count). The molecule has 5 heteroatoms. The Bertz CT molecular complexity index is 844. The van der Waals surface area contributed by atoms with E-state index in [0.29, 0.717) is 12.1 Å². The van der Waals surface area contributed by atoms with E-state index in [0.717, 1.165) is 16.0 Å². The van der Waals surface area contributed by atoms with Crippen LogP contribution in [0.5, 0.6) is 0 Å². The summed E-state index contributed by atoms with van der Waals surface area (Å²) in [6.45, 7) is 2.76. The number of halogens is 1. The normalized spacial score (nSPS) is 10.3. The Morgan fingerprint density at radius 1 is 1.00 bits per heavy atom. The van der Waals surface area contributed by atoms with E-state index < -0.39 is 0 Å². The third kappa shape index (κ3) is 4.90. The van der Waals surface area contributed by atoms with Crippen LogP contribution >= 0.6 is 15.9 Å². The van der Waals surface area contributed by atoms with E-state index in [2.05, 4.69) is 62.7 Å². The maximum atomic E-state index is 12.2. The van der Waals surface area contributed by atoms with Crippen LogP contribution in [0.15, 0.2) is 71.3 Å². The van der Waals surface area contributed by atoms with Gasteiger partial charge in [-0.05, 0) is 48.9 Å². The van der Waals surface area contributed by atoms with Crippen molar-refractivity contribution in [2.75, 3.05) is 10.6 Å². The number of hydrogen-bond acceptors (Lipinski definition) is 3. The molecular weight excluding hydrogens is 378 g/mol. The number of aromatic nitrogens is 1. The molecule has 1 amide bonds. The summed E-state index contributed by atoms with van der Waals surface area (Å²) in [7, 11) is 0. The van der Waals surface area contributed by atoms with Gasteiger partial charge in [0.25, 0.3) is 5.91 Å². The van der Waals surface area contributed by atoms with Gasteiger partial charge in [-0.3, -0.25) is 4.79 Å². The van der Waals surface area contributed by atoms with Crippen LogP contribution in [0.4, 0.5) is 11.5 Å². The lowest BCUT2D eigenvalue weighted by Crippen LogP contribution is -2.12. The molecular formula is C20H18BrN3O. The Labute approximate surface area is 155 Å². The van der Waals surface area contributed by atoms with Gasteiger partial charge in [0.2, 0.25) is 0 Å². The number of rotatable bonds is 5. The molecule has 2 N–H and O–H groups in total. The molecule has 4 nitrogen and oxygen atoms in total. The smallest absolute Gasteiger partial charge is 0.257 e. The van der Waals surface area contributed by atoms with Gasteiger partial charge < -0.3 is 10.6 Å². The van der Waals surface area contributed by atoms with Crippen molar-refractivity contribution in [1.82, 2.24) is 4.98 Å². The van der Waals surface area contributed by atoms with Gasteiger partial charge in [-0.2, -0.15) is 0 Å². The van der Waals surface area contributed by atoms with E-state index in [1.165, 1.54) is 11.1 Å². The second-order valence-corrected chi connectivity index (χ2v) is 6.65. The number of amides is 1. The molecule has 2 aromatic carbocycles. The standard InChI is InChI=1S/C20H18BrN3O/c1-14-2-4-15(5-3-14)12-22-19-11-6-16(13-23-19)20(25)24-18-9-7-17(21)8-10-18/h2-11,13H,12H2,1H3,(H,22,23)(H,24,25). The summed E-state index contributed by atoms with van der Waals surface area (Å²) in [5.41, 5.74) is 3.69. The fourth-order valence-corrected chi connectivity index (χ4v) is 2.53. The molecule has 0 fully saturated rings. The number of benzene rings is 2. The average Bonchev–Trinajstić information content (AvgIpc) is 2.63. The summed E-state index contributed by atoms with van der Waals surface area (Å²) in [6, 6.07) is 19.4. The topological polar surface area (TPSA) is 54.0 Å². The summed E-state index contributed by atoms with van der Waals surface area (Å²) in [5, 5.41) is 6.10. The van der Waals surface area contributed by atoms with Crippen molar-refractivity contribution in [3.05, 3.63) is 88.0 Å². The molecule has 126 valence electrons. The molecule has 1 heterocycles. The van der Waals surface area contributed by atoms with Crippen molar-refractivity contribution < 1.29 is 4.79 Å². The van der Waals surface area contributed by atoms with E-state index >= 15 is 0 Å². The molecule has 0 radical (unpaired) electrons. The molecule has 0 aliphatic carbocycles. The van der Waals surface area contributed by atoms with Crippen LogP contribution in [0.3, 0.4) is 0 Å². The monoisotopic (exact) mass is 395 g/mol. The highest BCUT2D eigenvalue weighted by Crippen LogP contribution is 2.15. The van der Waals surface area contributed by atoms with Crippen LogP contribution < -0.4 is 10.6 Å². The largest absolute Gasteiger partial charge is 0.366 e. The van der Waals surface area contributed by atoms with Crippen molar-refractivity contribution in [1.29, 1.82) is 0 Å². The Balaban J connectivity index is 1.58. The SMILES string of the molecule is Cc1ccc(CNc2ccc(C(=O)Nc3ccc(Br)cc3)cn2)cc1. The van der Waals surface area contributed by atoms with Crippen molar-refractivity contribution >= 4 is 33.3 Å². The molecule has 0 aliphatic heterocycles. The number of carbonyl (C=O) groups excluding carboxylic acids is 1. The molecule has 0 unspecified atom stereocenters. The van der Waals surface area contributed by atoms with Gasteiger partial charge in [0.1, 0.15) is 5.82 Å². The number of nitrogens with zero attached hydrogens (tertiary/aromatic N) is 1. The Kier molecular flexibility index (Phi) is 5.46. The third-order valence-corrected chi connectivity index (χ3v) is 4.25. The Morgan fingerprint density at radius 3 is 2.36 bits per heavy atom. The molecule has 25 heavy (non-hydrogen) atoms. The van der Waals surface area contributed by atoms with Crippen molar-refractivity contribution in [3.8, 4) is 0 Å². The predicted octanol–water partition coefficient (Wildman–Crippen LogP) is 5.02. The first-order valence-electron chi connectivity index (χ1n) is 7.92. The number of anilines is 2. The minimum absolute atomic E-state index is 0.181. The summed E-state index contributed by atoms with van der Waals surface area (Å²) in [5.74, 6) is 0.556. The van der Waals surface area contributed by atoms with E-state index in [9.17, 15) is 4.79 Å². The zero-order valence-corrected chi connectivity index (χ0v) is 15.4. The molecule has 3 aromatic rings. The number of nitrogens with one attached hydrogen (secondary N) is 2. The first-order valence-corrected chi connectivity index (χ1v) is 8.72. The van der Waals surface area contributed by atoms with Crippen molar-refractivity contribution in [2.45, 2.75) is 13.5 Å². The number of pyridine rings is 1. The van der Waals surface area contributed by atoms with Gasteiger partial charge in [0.05, 0.1) is 5.56 Å². The highest BCUT2D eigenvalue weighted by molar-refractivity contribution is 9.10. The molecule has 0 bridgehead atoms. The first-order chi connectivity index (χ1) is 12.1. The molecule has 0 aliphatic rings. The number of carbonyl (C=O) groups is 1. The highest BCUT2D eigenvalue weighted by atomic mass is 79.9. The Morgan fingerprint density at radius 2 is 1.72 bits per heavy atom. The van der Waals surface area contributed by atoms with Gasteiger partial charge in [-0.1, -0.05) is 45.8 Å². The molecule has 0 saturated heterocycles. The molecule has 0 saturated carbocycles. The van der Waals surface area contributed by atoms with Crippen LogP contribution in [0.1, 0.15) is 21.5 Å². The lowest BCUT2D eigenvalue weighted by Gasteiger charge is -2.08. The van der Waals surface area contributed by atoms with Gasteiger partial charge in [-0.15, -0.1) is 0 Å². The quantitative estimate of drug-likeness (QED) is 0.637. The minimum atomic E-state index is -0.181. The Hall–Kier alpha value is -2.66. The van der Waals surface area contributed by atoms with Gasteiger partial charge in [0.15, 0.2) is 0 Å². The van der Waals surface area contributed by atoms with Crippen LogP contribution in [0.25, 0.3) is 0 Å². The fourth-order valence-electron chi connectivity index (χ4n) is 2.27. The molecule has 0 atom stereocenters. The zero-order chi connectivity index (χ0) is 17.6. The maximum absolute atomic E-state index is 12.2. The summed E-state index contributed by atoms with van der Waals surface area (Å²) < 4.78 is 0.969. The first kappa shape index (κ1) is 17.2. The van der Waals surface area contributed by atoms with Gasteiger partial charge in [0, 0.05) is 22.9 Å². The zero-order valence-electron chi connectivity index (χ0n) is 13.8. The summed E-state index contributed by atoms with van der Waals surface area (Å²) in [6.07, 6.45) is 1.58.